The van der Waals surface area contributed by atoms with E-state index in [2.05, 4.69) is 36.2 Å². The minimum atomic E-state index is 0.100. The molecule has 0 bridgehead atoms. The van der Waals surface area contributed by atoms with Crippen LogP contribution in [0, 0.1) is 12.8 Å². The monoisotopic (exact) mass is 314 g/mol. The molecule has 23 heavy (non-hydrogen) atoms. The Morgan fingerprint density at radius 2 is 2.13 bits per heavy atom. The van der Waals surface area contributed by atoms with E-state index in [1.807, 2.05) is 29.9 Å². The molecular formula is C18H26N4O. The van der Waals surface area contributed by atoms with Crippen LogP contribution >= 0.6 is 0 Å². The zero-order valence-electron chi connectivity index (χ0n) is 14.4. The molecule has 3 rings (SSSR count). The predicted octanol–water partition coefficient (Wildman–Crippen LogP) is 3.73. The standard InChI is InChI=1S/C18H26N4O/c1-11(2)20-16-8-6-14(10-19-16)17-13(4)18(23)22(21-17)15-7-5-12(3)9-15/h6,8,10-12,15,21H,5,7,9H2,1-4H3,(H,19,20)/t12-,15-/m0/s1. The van der Waals surface area contributed by atoms with Gasteiger partial charge in [0.25, 0.3) is 5.56 Å². The lowest BCUT2D eigenvalue weighted by Crippen LogP contribution is -2.21. The van der Waals surface area contributed by atoms with Crippen LogP contribution in [0.5, 0.6) is 0 Å². The van der Waals surface area contributed by atoms with Gasteiger partial charge in [0.2, 0.25) is 0 Å². The molecule has 0 radical (unpaired) electrons. The Kier molecular flexibility index (Phi) is 4.28. The van der Waals surface area contributed by atoms with Gasteiger partial charge in [-0.2, -0.15) is 0 Å². The summed E-state index contributed by atoms with van der Waals surface area (Å²) in [6.45, 7) is 8.31. The quantitative estimate of drug-likeness (QED) is 0.904. The van der Waals surface area contributed by atoms with Crippen molar-refractivity contribution in [3.8, 4) is 11.3 Å². The molecule has 5 nitrogen and oxygen atoms in total. The smallest absolute Gasteiger partial charge is 0.270 e. The number of hydrogen-bond donors (Lipinski definition) is 2. The second-order valence-electron chi connectivity index (χ2n) is 7.09. The minimum Gasteiger partial charge on any atom is -0.368 e. The first-order chi connectivity index (χ1) is 11.0. The van der Waals surface area contributed by atoms with Gasteiger partial charge >= 0.3 is 0 Å². The van der Waals surface area contributed by atoms with Crippen molar-refractivity contribution < 1.29 is 0 Å². The number of hydrogen-bond acceptors (Lipinski definition) is 3. The molecule has 1 fully saturated rings. The van der Waals surface area contributed by atoms with Crippen molar-refractivity contribution in [1.29, 1.82) is 0 Å². The summed E-state index contributed by atoms with van der Waals surface area (Å²) in [6, 6.07) is 4.62. The molecule has 124 valence electrons. The molecule has 1 aliphatic rings. The maximum atomic E-state index is 12.6. The normalized spacial score (nSPS) is 21.1. The SMILES string of the molecule is Cc1c(-c2ccc(NC(C)C)nc2)[nH]n([C@H]2CC[C@H](C)C2)c1=O. The fraction of sp³-hybridized carbons (Fsp3) is 0.556. The molecule has 1 aliphatic carbocycles. The van der Waals surface area contributed by atoms with E-state index < -0.39 is 0 Å². The second kappa shape index (κ2) is 6.22. The van der Waals surface area contributed by atoms with Crippen LogP contribution in [-0.2, 0) is 0 Å². The first kappa shape index (κ1) is 15.8. The molecule has 0 spiro atoms. The summed E-state index contributed by atoms with van der Waals surface area (Å²) in [7, 11) is 0. The van der Waals surface area contributed by atoms with Crippen LogP contribution in [0.2, 0.25) is 0 Å². The van der Waals surface area contributed by atoms with E-state index in [0.29, 0.717) is 18.0 Å². The molecule has 0 aromatic carbocycles. The molecule has 2 heterocycles. The largest absolute Gasteiger partial charge is 0.368 e. The minimum absolute atomic E-state index is 0.100. The van der Waals surface area contributed by atoms with Gasteiger partial charge in [-0.25, -0.2) is 9.67 Å². The number of anilines is 1. The van der Waals surface area contributed by atoms with E-state index in [0.717, 1.165) is 35.5 Å². The lowest BCUT2D eigenvalue weighted by Gasteiger charge is -2.11. The van der Waals surface area contributed by atoms with Crippen LogP contribution in [0.1, 0.15) is 51.6 Å². The van der Waals surface area contributed by atoms with Gasteiger partial charge < -0.3 is 5.32 Å². The second-order valence-corrected chi connectivity index (χ2v) is 7.09. The Morgan fingerprint density at radius 3 is 2.70 bits per heavy atom. The summed E-state index contributed by atoms with van der Waals surface area (Å²) in [5, 5.41) is 6.61. The van der Waals surface area contributed by atoms with E-state index in [1.165, 1.54) is 6.42 Å². The zero-order valence-corrected chi connectivity index (χ0v) is 14.4. The summed E-state index contributed by atoms with van der Waals surface area (Å²) in [5.74, 6) is 1.55. The highest BCUT2D eigenvalue weighted by Gasteiger charge is 2.26. The van der Waals surface area contributed by atoms with E-state index in [4.69, 9.17) is 0 Å². The van der Waals surface area contributed by atoms with Crippen molar-refractivity contribution in [3.63, 3.8) is 0 Å². The molecule has 0 aliphatic heterocycles. The fourth-order valence-electron chi connectivity index (χ4n) is 3.42. The van der Waals surface area contributed by atoms with E-state index in [-0.39, 0.29) is 5.56 Å². The Bertz CT molecular complexity index is 726. The molecule has 0 saturated heterocycles. The number of nitrogens with zero attached hydrogens (tertiary/aromatic N) is 2. The van der Waals surface area contributed by atoms with Gasteiger partial charge in [-0.1, -0.05) is 6.92 Å². The average Bonchev–Trinajstić information content (AvgIpc) is 3.05. The predicted molar refractivity (Wildman–Crippen MR) is 93.8 cm³/mol. The Labute approximate surface area is 137 Å². The molecule has 2 atom stereocenters. The third-order valence-corrected chi connectivity index (χ3v) is 4.67. The van der Waals surface area contributed by atoms with Gasteiger partial charge in [0.1, 0.15) is 5.82 Å². The van der Waals surface area contributed by atoms with Gasteiger partial charge in [0.15, 0.2) is 0 Å². The third kappa shape index (κ3) is 3.19. The molecule has 1 saturated carbocycles. The van der Waals surface area contributed by atoms with Crippen LogP contribution in [0.15, 0.2) is 23.1 Å². The van der Waals surface area contributed by atoms with Crippen LogP contribution in [0.4, 0.5) is 5.82 Å². The number of nitrogens with one attached hydrogen (secondary N) is 2. The van der Waals surface area contributed by atoms with Crippen molar-refractivity contribution >= 4 is 5.82 Å². The molecule has 2 aromatic heterocycles. The Balaban J connectivity index is 1.90. The van der Waals surface area contributed by atoms with Crippen molar-refractivity contribution in [3.05, 3.63) is 34.2 Å². The summed E-state index contributed by atoms with van der Waals surface area (Å²) >= 11 is 0. The topological polar surface area (TPSA) is 62.7 Å². The lowest BCUT2D eigenvalue weighted by atomic mass is 10.1. The van der Waals surface area contributed by atoms with E-state index in [9.17, 15) is 4.79 Å². The van der Waals surface area contributed by atoms with Crippen LogP contribution in [0.25, 0.3) is 11.3 Å². The van der Waals surface area contributed by atoms with E-state index >= 15 is 0 Å². The third-order valence-electron chi connectivity index (χ3n) is 4.67. The van der Waals surface area contributed by atoms with Crippen molar-refractivity contribution in [1.82, 2.24) is 14.8 Å². The summed E-state index contributed by atoms with van der Waals surface area (Å²) in [6.07, 6.45) is 5.18. The molecule has 0 unspecified atom stereocenters. The molecule has 2 N–H and O–H groups in total. The van der Waals surface area contributed by atoms with Gasteiger partial charge in [-0.3, -0.25) is 9.89 Å². The fourth-order valence-corrected chi connectivity index (χ4v) is 3.42. The maximum Gasteiger partial charge on any atom is 0.270 e. The highest BCUT2D eigenvalue weighted by atomic mass is 16.1. The zero-order chi connectivity index (χ0) is 16.6. The Hall–Kier alpha value is -2.04. The first-order valence-electron chi connectivity index (χ1n) is 8.49. The molecule has 5 heteroatoms. The van der Waals surface area contributed by atoms with Crippen molar-refractivity contribution in [2.45, 2.75) is 59.0 Å². The van der Waals surface area contributed by atoms with Crippen molar-refractivity contribution in [2.75, 3.05) is 5.32 Å². The number of pyridine rings is 1. The van der Waals surface area contributed by atoms with Crippen molar-refractivity contribution in [2.24, 2.45) is 5.92 Å². The lowest BCUT2D eigenvalue weighted by molar-refractivity contribution is 0.439. The van der Waals surface area contributed by atoms with Crippen LogP contribution < -0.4 is 10.9 Å². The number of aromatic nitrogens is 3. The Morgan fingerprint density at radius 1 is 1.35 bits per heavy atom. The van der Waals surface area contributed by atoms with Gasteiger partial charge in [0.05, 0.1) is 11.7 Å². The number of aromatic amines is 1. The highest BCUT2D eigenvalue weighted by Crippen LogP contribution is 2.33. The average molecular weight is 314 g/mol. The summed E-state index contributed by atoms with van der Waals surface area (Å²) in [5.41, 5.74) is 2.72. The number of rotatable bonds is 4. The van der Waals surface area contributed by atoms with Crippen LogP contribution in [-0.4, -0.2) is 20.8 Å². The first-order valence-corrected chi connectivity index (χ1v) is 8.49. The van der Waals surface area contributed by atoms with Crippen LogP contribution in [0.3, 0.4) is 0 Å². The highest BCUT2D eigenvalue weighted by molar-refractivity contribution is 5.62. The van der Waals surface area contributed by atoms with Gasteiger partial charge in [0, 0.05) is 23.4 Å². The summed E-state index contributed by atoms with van der Waals surface area (Å²) in [4.78, 5) is 17.0. The van der Waals surface area contributed by atoms with Gasteiger partial charge in [-0.05, 0) is 58.1 Å². The van der Waals surface area contributed by atoms with E-state index in [1.54, 1.807) is 0 Å². The summed E-state index contributed by atoms with van der Waals surface area (Å²) < 4.78 is 1.83. The number of H-pyrrole nitrogens is 1. The molecular weight excluding hydrogens is 288 g/mol. The molecule has 2 aromatic rings. The van der Waals surface area contributed by atoms with Gasteiger partial charge in [-0.15, -0.1) is 0 Å². The maximum absolute atomic E-state index is 12.6. The molecule has 0 amide bonds.